The first-order chi connectivity index (χ1) is 9.01. The van der Waals surface area contributed by atoms with Crippen molar-refractivity contribution in [3.05, 3.63) is 22.2 Å². The Morgan fingerprint density at radius 1 is 1.42 bits per heavy atom. The number of halogens is 1. The van der Waals surface area contributed by atoms with Crippen molar-refractivity contribution >= 4 is 17.6 Å². The molecular formula is C13H18ClNO4. The lowest BCUT2D eigenvalue weighted by Gasteiger charge is -2.19. The third-order valence-corrected chi connectivity index (χ3v) is 3.32. The second-order valence-corrected chi connectivity index (χ2v) is 4.36. The van der Waals surface area contributed by atoms with Gasteiger partial charge in [0.15, 0.2) is 0 Å². The highest BCUT2D eigenvalue weighted by atomic mass is 35.5. The summed E-state index contributed by atoms with van der Waals surface area (Å²) in [6.07, 6.45) is 0.663. The first-order valence-corrected chi connectivity index (χ1v) is 6.25. The average molecular weight is 288 g/mol. The average Bonchev–Trinajstić information content (AvgIpc) is 2.38. The minimum absolute atomic E-state index is 0.0303. The number of aryl methyl sites for hydroxylation is 1. The van der Waals surface area contributed by atoms with E-state index < -0.39 is 11.9 Å². The van der Waals surface area contributed by atoms with E-state index >= 15 is 0 Å². The summed E-state index contributed by atoms with van der Waals surface area (Å²) in [6.45, 7) is 1.90. The fourth-order valence-electron chi connectivity index (χ4n) is 2.00. The fourth-order valence-corrected chi connectivity index (χ4v) is 2.38. The first-order valence-electron chi connectivity index (χ1n) is 5.87. The van der Waals surface area contributed by atoms with Crippen molar-refractivity contribution in [3.8, 4) is 11.5 Å². The maximum absolute atomic E-state index is 11.3. The van der Waals surface area contributed by atoms with Crippen LogP contribution in [-0.4, -0.2) is 31.8 Å². The second-order valence-electron chi connectivity index (χ2n) is 3.99. The van der Waals surface area contributed by atoms with Gasteiger partial charge >= 0.3 is 5.97 Å². The molecule has 6 heteroatoms. The molecule has 0 saturated carbocycles. The Bertz CT molecular complexity index is 476. The van der Waals surface area contributed by atoms with E-state index in [1.54, 1.807) is 6.07 Å². The third kappa shape index (κ3) is 2.93. The van der Waals surface area contributed by atoms with Crippen LogP contribution < -0.4 is 15.2 Å². The van der Waals surface area contributed by atoms with Gasteiger partial charge in [0, 0.05) is 12.1 Å². The van der Waals surface area contributed by atoms with Crippen LogP contribution in [0.5, 0.6) is 11.5 Å². The molecule has 0 aliphatic rings. The van der Waals surface area contributed by atoms with Crippen LogP contribution in [0.2, 0.25) is 5.02 Å². The molecule has 1 unspecified atom stereocenters. The Kier molecular flexibility index (Phi) is 5.44. The minimum Gasteiger partial charge on any atom is -0.495 e. The molecule has 0 aromatic heterocycles. The van der Waals surface area contributed by atoms with Gasteiger partial charge in [0.25, 0.3) is 0 Å². The standard InChI is InChI=1S/C13H18ClNO4/c1-4-7-5-8(9(6-15)13(16)17)12(19-3)10(14)11(7)18-2/h5,9H,4,6,15H2,1-3H3,(H,16,17). The third-order valence-electron chi connectivity index (χ3n) is 2.98. The van der Waals surface area contributed by atoms with Gasteiger partial charge in [-0.2, -0.15) is 0 Å². The number of carboxylic acids is 1. The fraction of sp³-hybridized carbons (Fsp3) is 0.462. The topological polar surface area (TPSA) is 81.8 Å². The van der Waals surface area contributed by atoms with Gasteiger partial charge in [0.1, 0.15) is 16.5 Å². The normalized spacial score (nSPS) is 12.1. The Labute approximate surface area is 117 Å². The lowest BCUT2D eigenvalue weighted by Crippen LogP contribution is -2.22. The van der Waals surface area contributed by atoms with Crippen LogP contribution >= 0.6 is 11.6 Å². The van der Waals surface area contributed by atoms with E-state index in [9.17, 15) is 9.90 Å². The van der Waals surface area contributed by atoms with E-state index in [1.165, 1.54) is 14.2 Å². The van der Waals surface area contributed by atoms with Gasteiger partial charge < -0.3 is 20.3 Å². The highest BCUT2D eigenvalue weighted by molar-refractivity contribution is 6.33. The maximum atomic E-state index is 11.3. The Morgan fingerprint density at radius 3 is 2.37 bits per heavy atom. The lowest BCUT2D eigenvalue weighted by atomic mass is 9.95. The molecule has 5 nitrogen and oxygen atoms in total. The highest BCUT2D eigenvalue weighted by Gasteiger charge is 2.26. The largest absolute Gasteiger partial charge is 0.495 e. The lowest BCUT2D eigenvalue weighted by molar-refractivity contribution is -0.138. The van der Waals surface area contributed by atoms with Crippen LogP contribution in [0.15, 0.2) is 6.07 Å². The zero-order valence-corrected chi connectivity index (χ0v) is 12.0. The van der Waals surface area contributed by atoms with Crippen LogP contribution in [0.25, 0.3) is 0 Å². The second kappa shape index (κ2) is 6.63. The van der Waals surface area contributed by atoms with Gasteiger partial charge in [0.05, 0.1) is 20.1 Å². The first kappa shape index (κ1) is 15.6. The smallest absolute Gasteiger partial charge is 0.312 e. The Hall–Kier alpha value is -1.46. The molecule has 0 spiro atoms. The zero-order chi connectivity index (χ0) is 14.6. The van der Waals surface area contributed by atoms with Crippen LogP contribution in [0.1, 0.15) is 24.0 Å². The molecule has 1 aromatic carbocycles. The van der Waals surface area contributed by atoms with Crippen LogP contribution in [-0.2, 0) is 11.2 Å². The van der Waals surface area contributed by atoms with Gasteiger partial charge in [-0.15, -0.1) is 0 Å². The summed E-state index contributed by atoms with van der Waals surface area (Å²) in [5.41, 5.74) is 6.83. The summed E-state index contributed by atoms with van der Waals surface area (Å²) in [7, 11) is 2.95. The van der Waals surface area contributed by atoms with Crippen molar-refractivity contribution in [3.63, 3.8) is 0 Å². The van der Waals surface area contributed by atoms with Gasteiger partial charge in [-0.1, -0.05) is 18.5 Å². The molecule has 0 fully saturated rings. The van der Waals surface area contributed by atoms with Crippen LogP contribution in [0.4, 0.5) is 0 Å². The molecule has 1 aromatic rings. The molecule has 0 heterocycles. The number of hydrogen-bond donors (Lipinski definition) is 2. The molecule has 3 N–H and O–H groups in total. The molecule has 0 aliphatic carbocycles. The SMILES string of the molecule is CCc1cc(C(CN)C(=O)O)c(OC)c(Cl)c1OC. The molecule has 0 bridgehead atoms. The molecule has 0 amide bonds. The Morgan fingerprint density at radius 2 is 2.00 bits per heavy atom. The summed E-state index contributed by atoms with van der Waals surface area (Å²) in [6, 6.07) is 1.73. The minimum atomic E-state index is -1.01. The monoisotopic (exact) mass is 287 g/mol. The van der Waals surface area contributed by atoms with E-state index in [4.69, 9.17) is 26.8 Å². The van der Waals surface area contributed by atoms with Gasteiger partial charge in [0.2, 0.25) is 0 Å². The molecule has 0 aliphatic heterocycles. The quantitative estimate of drug-likeness (QED) is 0.837. The number of rotatable bonds is 6. The van der Waals surface area contributed by atoms with Crippen molar-refractivity contribution in [2.24, 2.45) is 5.73 Å². The molecule has 106 valence electrons. The number of aliphatic carboxylic acids is 1. The van der Waals surface area contributed by atoms with Crippen molar-refractivity contribution in [2.75, 3.05) is 20.8 Å². The predicted molar refractivity (Wildman–Crippen MR) is 73.4 cm³/mol. The summed E-state index contributed by atoms with van der Waals surface area (Å²) in [5, 5.41) is 9.49. The molecule has 1 rings (SSSR count). The number of carbonyl (C=O) groups is 1. The van der Waals surface area contributed by atoms with Crippen LogP contribution in [0, 0.1) is 0 Å². The number of ether oxygens (including phenoxy) is 2. The number of nitrogens with two attached hydrogens (primary N) is 1. The van der Waals surface area contributed by atoms with E-state index in [0.717, 1.165) is 5.56 Å². The molecule has 1 atom stereocenters. The van der Waals surface area contributed by atoms with Crippen molar-refractivity contribution in [2.45, 2.75) is 19.3 Å². The van der Waals surface area contributed by atoms with E-state index in [1.807, 2.05) is 6.92 Å². The van der Waals surface area contributed by atoms with E-state index in [0.29, 0.717) is 23.5 Å². The Balaban J connectivity index is 3.54. The molecule has 19 heavy (non-hydrogen) atoms. The highest BCUT2D eigenvalue weighted by Crippen LogP contribution is 2.42. The van der Waals surface area contributed by atoms with Crippen molar-refractivity contribution < 1.29 is 19.4 Å². The number of methoxy groups -OCH3 is 2. The summed E-state index contributed by atoms with van der Waals surface area (Å²) >= 11 is 6.22. The number of carboxylic acid groups (broad SMARTS) is 1. The molecule has 0 radical (unpaired) electrons. The van der Waals surface area contributed by atoms with E-state index in [2.05, 4.69) is 0 Å². The molecular weight excluding hydrogens is 270 g/mol. The van der Waals surface area contributed by atoms with Gasteiger partial charge in [-0.3, -0.25) is 4.79 Å². The summed E-state index contributed by atoms with van der Waals surface area (Å²) < 4.78 is 10.5. The predicted octanol–water partition coefficient (Wildman–Crippen LogP) is 2.05. The summed E-state index contributed by atoms with van der Waals surface area (Å²) in [4.78, 5) is 11.3. The van der Waals surface area contributed by atoms with Crippen LogP contribution in [0.3, 0.4) is 0 Å². The van der Waals surface area contributed by atoms with E-state index in [-0.39, 0.29) is 11.6 Å². The number of benzene rings is 1. The summed E-state index contributed by atoms with van der Waals surface area (Å²) in [5.74, 6) is -1.06. The van der Waals surface area contributed by atoms with Crippen molar-refractivity contribution in [1.29, 1.82) is 0 Å². The molecule has 0 saturated heterocycles. The number of hydrogen-bond acceptors (Lipinski definition) is 4. The van der Waals surface area contributed by atoms with Gasteiger partial charge in [-0.25, -0.2) is 0 Å². The van der Waals surface area contributed by atoms with Gasteiger partial charge in [-0.05, 0) is 18.1 Å². The zero-order valence-electron chi connectivity index (χ0n) is 11.2. The maximum Gasteiger partial charge on any atom is 0.312 e. The van der Waals surface area contributed by atoms with Crippen molar-refractivity contribution in [1.82, 2.24) is 0 Å².